The Bertz CT molecular complexity index is 1030. The number of H-pyrrole nitrogens is 1. The molecule has 186 valence electrons. The smallest absolute Gasteiger partial charge is 0.314 e. The van der Waals surface area contributed by atoms with Crippen LogP contribution in [0.1, 0.15) is 63.4 Å². The second kappa shape index (κ2) is 13.1. The van der Waals surface area contributed by atoms with Gasteiger partial charge in [-0.15, -0.1) is 11.3 Å². The topological polar surface area (TPSA) is 122 Å². The van der Waals surface area contributed by atoms with Crippen molar-refractivity contribution in [2.24, 2.45) is 5.73 Å². The van der Waals surface area contributed by atoms with Gasteiger partial charge in [0.2, 0.25) is 0 Å². The fourth-order valence-electron chi connectivity index (χ4n) is 3.85. The van der Waals surface area contributed by atoms with Gasteiger partial charge in [-0.05, 0) is 24.5 Å². The average molecular weight is 489 g/mol. The van der Waals surface area contributed by atoms with Crippen molar-refractivity contribution < 1.29 is 19.4 Å². The largest absolute Gasteiger partial charge is 0.466 e. The number of aromatic nitrogens is 2. The molecule has 1 aromatic carbocycles. The zero-order valence-corrected chi connectivity index (χ0v) is 21.2. The van der Waals surface area contributed by atoms with Gasteiger partial charge in [0, 0.05) is 54.6 Å². The van der Waals surface area contributed by atoms with Crippen LogP contribution in [-0.2, 0) is 15.1 Å². The second-order valence-electron chi connectivity index (χ2n) is 7.89. The van der Waals surface area contributed by atoms with E-state index in [1.54, 1.807) is 11.1 Å². The van der Waals surface area contributed by atoms with E-state index in [9.17, 15) is 14.7 Å². The number of aliphatic hydroxyl groups is 1. The van der Waals surface area contributed by atoms with Crippen molar-refractivity contribution in [3.63, 3.8) is 0 Å². The van der Waals surface area contributed by atoms with Gasteiger partial charge in [0.1, 0.15) is 10.6 Å². The van der Waals surface area contributed by atoms with Gasteiger partial charge in [-0.2, -0.15) is 0 Å². The Balaban J connectivity index is 0.000000225. The van der Waals surface area contributed by atoms with Gasteiger partial charge < -0.3 is 25.5 Å². The molecule has 9 heteroatoms. The summed E-state index contributed by atoms with van der Waals surface area (Å²) in [5.41, 5.74) is 6.58. The molecule has 1 fully saturated rings. The lowest BCUT2D eigenvalue weighted by molar-refractivity contribution is -0.143. The number of hydrogen-bond acceptors (Lipinski definition) is 6. The molecule has 1 saturated heterocycles. The van der Waals surface area contributed by atoms with Crippen molar-refractivity contribution in [1.82, 2.24) is 14.9 Å². The van der Waals surface area contributed by atoms with Crippen molar-refractivity contribution in [2.45, 2.75) is 58.5 Å². The van der Waals surface area contributed by atoms with E-state index in [1.165, 1.54) is 22.3 Å². The van der Waals surface area contributed by atoms with Crippen molar-refractivity contribution in [2.75, 3.05) is 19.7 Å². The third-order valence-corrected chi connectivity index (χ3v) is 6.63. The minimum absolute atomic E-state index is 0.134. The molecule has 3 heterocycles. The van der Waals surface area contributed by atoms with E-state index < -0.39 is 11.6 Å². The standard InChI is InChI=1S/C14H17NO2.C9H13N3O2S.C2H6/c1-3-17-14(16)8-10(2)12-9-15-13-7-5-4-6-11(12)13;10-8(13)12-4-1-9(14,2-5-12)7-11-3-6-15-7;1-2/h4-7,9-10,15H,3,8H2,1-2H3;3,6,14H,1-2,4-5H2,(H2,10,13);1-2H3. The molecule has 2 aromatic heterocycles. The molecule has 1 atom stereocenters. The number of thiazole rings is 1. The Kier molecular flexibility index (Phi) is 10.5. The summed E-state index contributed by atoms with van der Waals surface area (Å²) >= 11 is 1.44. The lowest BCUT2D eigenvalue weighted by Gasteiger charge is -2.35. The number of amides is 2. The number of benzene rings is 1. The lowest BCUT2D eigenvalue weighted by Crippen LogP contribution is -2.47. The number of piperidine rings is 1. The van der Waals surface area contributed by atoms with Crippen LogP contribution in [0.3, 0.4) is 0 Å². The summed E-state index contributed by atoms with van der Waals surface area (Å²) in [5.74, 6) is 0.0375. The number of esters is 1. The number of nitrogens with zero attached hydrogens (tertiary/aromatic N) is 2. The number of hydrogen-bond donors (Lipinski definition) is 3. The highest BCUT2D eigenvalue weighted by molar-refractivity contribution is 7.09. The van der Waals surface area contributed by atoms with Gasteiger partial charge in [0.05, 0.1) is 13.0 Å². The second-order valence-corrected chi connectivity index (χ2v) is 8.79. The highest BCUT2D eigenvalue weighted by Crippen LogP contribution is 2.33. The number of primary amides is 1. The van der Waals surface area contributed by atoms with Crippen LogP contribution in [0.4, 0.5) is 4.79 Å². The number of carbonyl (C=O) groups is 2. The number of rotatable bonds is 5. The molecular formula is C25H36N4O4S. The lowest BCUT2D eigenvalue weighted by atomic mass is 9.92. The minimum Gasteiger partial charge on any atom is -0.466 e. The maximum atomic E-state index is 11.5. The first-order valence-electron chi connectivity index (χ1n) is 11.7. The van der Waals surface area contributed by atoms with Crippen molar-refractivity contribution in [3.8, 4) is 0 Å². The quantitative estimate of drug-likeness (QED) is 0.447. The van der Waals surface area contributed by atoms with Crippen molar-refractivity contribution in [1.29, 1.82) is 0 Å². The minimum atomic E-state index is -0.875. The van der Waals surface area contributed by atoms with Crippen LogP contribution in [0.5, 0.6) is 0 Å². The summed E-state index contributed by atoms with van der Waals surface area (Å²) in [6, 6.07) is 7.70. The van der Waals surface area contributed by atoms with Crippen LogP contribution in [0.2, 0.25) is 0 Å². The van der Waals surface area contributed by atoms with Crippen molar-refractivity contribution in [3.05, 3.63) is 52.6 Å². The third kappa shape index (κ3) is 7.04. The molecule has 1 aliphatic rings. The highest BCUT2D eigenvalue weighted by atomic mass is 32.1. The number of fused-ring (bicyclic) bond motifs is 1. The van der Waals surface area contributed by atoms with E-state index in [4.69, 9.17) is 10.5 Å². The van der Waals surface area contributed by atoms with Crippen molar-refractivity contribution >= 4 is 34.2 Å². The van der Waals surface area contributed by atoms with Crippen LogP contribution in [0.15, 0.2) is 42.0 Å². The van der Waals surface area contributed by atoms with Crippen LogP contribution in [-0.4, -0.2) is 51.7 Å². The number of nitrogens with two attached hydrogens (primary N) is 1. The molecule has 0 radical (unpaired) electrons. The van der Waals surface area contributed by atoms with E-state index >= 15 is 0 Å². The molecule has 0 bridgehead atoms. The first-order chi connectivity index (χ1) is 16.3. The van der Waals surface area contributed by atoms with Gasteiger partial charge in [0.15, 0.2) is 0 Å². The number of ether oxygens (including phenoxy) is 1. The average Bonchev–Trinajstić information content (AvgIpc) is 3.52. The Morgan fingerprint density at radius 1 is 1.29 bits per heavy atom. The van der Waals surface area contributed by atoms with Crippen LogP contribution in [0.25, 0.3) is 10.9 Å². The highest BCUT2D eigenvalue weighted by Gasteiger charge is 2.36. The maximum absolute atomic E-state index is 11.5. The van der Waals surface area contributed by atoms with Gasteiger partial charge in [-0.1, -0.05) is 39.0 Å². The van der Waals surface area contributed by atoms with Gasteiger partial charge in [-0.25, -0.2) is 9.78 Å². The number of aromatic amines is 1. The molecular weight excluding hydrogens is 452 g/mol. The molecule has 1 aliphatic heterocycles. The Morgan fingerprint density at radius 3 is 2.56 bits per heavy atom. The molecule has 8 nitrogen and oxygen atoms in total. The van der Waals surface area contributed by atoms with E-state index in [0.717, 1.165) is 10.5 Å². The predicted octanol–water partition coefficient (Wildman–Crippen LogP) is 4.76. The third-order valence-electron chi connectivity index (χ3n) is 5.66. The molecule has 0 spiro atoms. The number of nitrogens with one attached hydrogen (secondary N) is 1. The first-order valence-corrected chi connectivity index (χ1v) is 12.6. The van der Waals surface area contributed by atoms with Crippen LogP contribution < -0.4 is 5.73 Å². The van der Waals surface area contributed by atoms with E-state index in [-0.39, 0.29) is 11.9 Å². The molecule has 4 rings (SSSR count). The first kappa shape index (κ1) is 27.3. The molecule has 2 amide bonds. The van der Waals surface area contributed by atoms with Gasteiger partial charge >= 0.3 is 12.0 Å². The number of urea groups is 1. The zero-order chi connectivity index (χ0) is 25.1. The summed E-state index contributed by atoms with van der Waals surface area (Å²) < 4.78 is 4.97. The maximum Gasteiger partial charge on any atom is 0.314 e. The Hall–Kier alpha value is -2.91. The van der Waals surface area contributed by atoms with Gasteiger partial charge in [0.25, 0.3) is 0 Å². The summed E-state index contributed by atoms with van der Waals surface area (Å²) in [6.07, 6.45) is 5.09. The summed E-state index contributed by atoms with van der Waals surface area (Å²) in [6.45, 7) is 9.30. The molecule has 4 N–H and O–H groups in total. The Morgan fingerprint density at radius 2 is 1.97 bits per heavy atom. The molecule has 1 unspecified atom stereocenters. The Labute approximate surface area is 205 Å². The van der Waals surface area contributed by atoms with E-state index in [1.807, 2.05) is 57.5 Å². The molecule has 3 aromatic rings. The van der Waals surface area contributed by atoms with E-state index in [0.29, 0.717) is 39.0 Å². The van der Waals surface area contributed by atoms with Crippen LogP contribution in [0, 0.1) is 0 Å². The molecule has 0 saturated carbocycles. The SMILES string of the molecule is CC.CCOC(=O)CC(C)c1c[nH]c2ccccc12.NC(=O)N1CCC(O)(c2nccs2)CC1. The van der Waals surface area contributed by atoms with Gasteiger partial charge in [-0.3, -0.25) is 4.79 Å². The monoisotopic (exact) mass is 488 g/mol. The summed E-state index contributed by atoms with van der Waals surface area (Å²) in [4.78, 5) is 31.2. The summed E-state index contributed by atoms with van der Waals surface area (Å²) in [5, 5.41) is 14.1. The fourth-order valence-corrected chi connectivity index (χ4v) is 4.64. The zero-order valence-electron chi connectivity index (χ0n) is 20.4. The molecule has 34 heavy (non-hydrogen) atoms. The fraction of sp³-hybridized carbons (Fsp3) is 0.480. The van der Waals surface area contributed by atoms with Crippen LogP contribution >= 0.6 is 11.3 Å². The summed E-state index contributed by atoms with van der Waals surface area (Å²) in [7, 11) is 0. The molecule has 0 aliphatic carbocycles. The predicted molar refractivity (Wildman–Crippen MR) is 136 cm³/mol. The number of likely N-dealkylation sites (tertiary alicyclic amines) is 1. The number of para-hydroxylation sites is 1. The number of carbonyl (C=O) groups excluding carboxylic acids is 2. The normalized spacial score (nSPS) is 15.4. The van der Waals surface area contributed by atoms with E-state index in [2.05, 4.69) is 16.0 Å².